The van der Waals surface area contributed by atoms with Crippen molar-refractivity contribution in [3.05, 3.63) is 58.6 Å². The number of ketones is 1. The number of carbonyl (C=O) groups is 2. The Morgan fingerprint density at radius 3 is 2.55 bits per heavy atom. The molecule has 2 aliphatic rings. The molecule has 1 fully saturated rings. The second kappa shape index (κ2) is 8.63. The third-order valence-electron chi connectivity index (χ3n) is 5.86. The van der Waals surface area contributed by atoms with Gasteiger partial charge in [-0.1, -0.05) is 17.7 Å². The fourth-order valence-corrected chi connectivity index (χ4v) is 4.28. The molecule has 7 heteroatoms. The third-order valence-corrected chi connectivity index (χ3v) is 6.10. The Kier molecular flexibility index (Phi) is 5.92. The van der Waals surface area contributed by atoms with E-state index in [0.29, 0.717) is 60.2 Å². The van der Waals surface area contributed by atoms with Crippen LogP contribution in [0.5, 0.6) is 17.2 Å². The van der Waals surface area contributed by atoms with Gasteiger partial charge in [0.15, 0.2) is 17.3 Å². The zero-order valence-electron chi connectivity index (χ0n) is 17.5. The molecule has 0 radical (unpaired) electrons. The number of likely N-dealkylation sites (tertiary alicyclic amines) is 1. The van der Waals surface area contributed by atoms with Gasteiger partial charge in [0.05, 0.1) is 26.2 Å². The van der Waals surface area contributed by atoms with E-state index >= 15 is 0 Å². The highest BCUT2D eigenvalue weighted by atomic mass is 35.5. The molecule has 0 aromatic heterocycles. The number of amides is 1. The van der Waals surface area contributed by atoms with E-state index in [1.165, 1.54) is 0 Å². The summed E-state index contributed by atoms with van der Waals surface area (Å²) in [7, 11) is 3.16. The molecular formula is C24H24ClNO5. The number of rotatable bonds is 4. The van der Waals surface area contributed by atoms with E-state index in [1.54, 1.807) is 55.5 Å². The van der Waals surface area contributed by atoms with Crippen LogP contribution >= 0.6 is 11.6 Å². The number of fused-ring (bicyclic) bond motifs is 1. The summed E-state index contributed by atoms with van der Waals surface area (Å²) in [5.74, 6) is 1.79. The largest absolute Gasteiger partial charge is 0.493 e. The highest BCUT2D eigenvalue weighted by Gasteiger charge is 2.43. The molecule has 162 valence electrons. The number of carbonyl (C=O) groups excluding carboxylic acids is 2. The molecule has 2 heterocycles. The van der Waals surface area contributed by atoms with Crippen LogP contribution in [0.1, 0.15) is 35.2 Å². The fraction of sp³-hybridized carbons (Fsp3) is 0.333. The maximum atomic E-state index is 12.7. The monoisotopic (exact) mass is 441 g/mol. The predicted molar refractivity (Wildman–Crippen MR) is 118 cm³/mol. The van der Waals surface area contributed by atoms with E-state index in [1.807, 2.05) is 12.1 Å². The molecule has 0 aliphatic carbocycles. The van der Waals surface area contributed by atoms with E-state index in [9.17, 15) is 9.59 Å². The first-order valence-corrected chi connectivity index (χ1v) is 10.5. The third kappa shape index (κ3) is 4.39. The van der Waals surface area contributed by atoms with E-state index in [2.05, 4.69) is 0 Å². The number of Topliss-reactive ketones (excluding diaryl/α,β-unsaturated/α-hetero) is 1. The van der Waals surface area contributed by atoms with Gasteiger partial charge in [-0.2, -0.15) is 0 Å². The molecule has 0 bridgehead atoms. The van der Waals surface area contributed by atoms with Crippen LogP contribution in [0, 0.1) is 0 Å². The van der Waals surface area contributed by atoms with Crippen molar-refractivity contribution < 1.29 is 23.8 Å². The fourth-order valence-electron chi connectivity index (χ4n) is 4.11. The normalized spacial score (nSPS) is 17.4. The molecule has 0 saturated carbocycles. The molecule has 31 heavy (non-hydrogen) atoms. The molecule has 6 nitrogen and oxygen atoms in total. The number of piperidine rings is 1. The van der Waals surface area contributed by atoms with Crippen LogP contribution < -0.4 is 14.2 Å². The van der Waals surface area contributed by atoms with Crippen LogP contribution in [0.3, 0.4) is 0 Å². The minimum atomic E-state index is -0.554. The van der Waals surface area contributed by atoms with Crippen molar-refractivity contribution in [3.63, 3.8) is 0 Å². The summed E-state index contributed by atoms with van der Waals surface area (Å²) >= 11 is 6.01. The first-order chi connectivity index (χ1) is 14.9. The number of halogens is 1. The van der Waals surface area contributed by atoms with Crippen molar-refractivity contribution in [1.29, 1.82) is 0 Å². The van der Waals surface area contributed by atoms with Crippen LogP contribution in [0.4, 0.5) is 0 Å². The SMILES string of the molecule is COc1ccc(/C=C/C(=O)N2CCC3(CC2)CC(=O)c2cc(Cl)ccc2O3)cc1OC. The van der Waals surface area contributed by atoms with Gasteiger partial charge in [0.25, 0.3) is 0 Å². The van der Waals surface area contributed by atoms with Crippen LogP contribution in [0.2, 0.25) is 5.02 Å². The van der Waals surface area contributed by atoms with Crippen molar-refractivity contribution in [3.8, 4) is 17.2 Å². The smallest absolute Gasteiger partial charge is 0.246 e. The number of hydrogen-bond donors (Lipinski definition) is 0. The molecule has 2 aliphatic heterocycles. The first kappa shape index (κ1) is 21.2. The molecule has 4 rings (SSSR count). The maximum Gasteiger partial charge on any atom is 0.246 e. The Bertz CT molecular complexity index is 1040. The molecule has 0 unspecified atom stereocenters. The van der Waals surface area contributed by atoms with Gasteiger partial charge in [-0.25, -0.2) is 0 Å². The predicted octanol–water partition coefficient (Wildman–Crippen LogP) is 4.40. The van der Waals surface area contributed by atoms with Gasteiger partial charge < -0.3 is 19.1 Å². The molecule has 0 atom stereocenters. The molecule has 2 aromatic rings. The van der Waals surface area contributed by atoms with Crippen molar-refractivity contribution in [1.82, 2.24) is 4.90 Å². The van der Waals surface area contributed by atoms with Crippen molar-refractivity contribution in [2.75, 3.05) is 27.3 Å². The molecular weight excluding hydrogens is 418 g/mol. The van der Waals surface area contributed by atoms with Crippen molar-refractivity contribution in [2.24, 2.45) is 0 Å². The van der Waals surface area contributed by atoms with Gasteiger partial charge in [-0.05, 0) is 42.0 Å². The lowest BCUT2D eigenvalue weighted by Crippen LogP contribution is -2.52. The lowest BCUT2D eigenvalue weighted by atomic mass is 9.82. The zero-order valence-corrected chi connectivity index (χ0v) is 18.3. The van der Waals surface area contributed by atoms with Crippen LogP contribution in [0.25, 0.3) is 6.08 Å². The Balaban J connectivity index is 1.40. The van der Waals surface area contributed by atoms with E-state index in [0.717, 1.165) is 5.56 Å². The summed E-state index contributed by atoms with van der Waals surface area (Å²) in [5, 5.41) is 0.522. The molecule has 0 N–H and O–H groups in total. The minimum Gasteiger partial charge on any atom is -0.493 e. The van der Waals surface area contributed by atoms with Gasteiger partial charge >= 0.3 is 0 Å². The quantitative estimate of drug-likeness (QED) is 0.658. The van der Waals surface area contributed by atoms with Gasteiger partial charge in [-0.15, -0.1) is 0 Å². The molecule has 1 spiro atoms. The number of benzene rings is 2. The Morgan fingerprint density at radius 2 is 1.84 bits per heavy atom. The summed E-state index contributed by atoms with van der Waals surface area (Å²) in [4.78, 5) is 27.1. The number of methoxy groups -OCH3 is 2. The topological polar surface area (TPSA) is 65.1 Å². The highest BCUT2D eigenvalue weighted by molar-refractivity contribution is 6.31. The lowest BCUT2D eigenvalue weighted by Gasteiger charge is -2.43. The standard InChI is InChI=1S/C24H24ClNO5/c1-29-21-6-3-16(13-22(21)30-2)4-8-23(28)26-11-9-24(10-12-26)15-19(27)18-14-17(25)5-7-20(18)31-24/h3-8,13-14H,9-12,15H2,1-2H3/b8-4+. The summed E-state index contributed by atoms with van der Waals surface area (Å²) in [5.41, 5.74) is 0.826. The molecule has 2 aromatic carbocycles. The Labute approximate surface area is 186 Å². The lowest BCUT2D eigenvalue weighted by molar-refractivity contribution is -0.129. The minimum absolute atomic E-state index is 0.0388. The molecule has 1 saturated heterocycles. The zero-order chi connectivity index (χ0) is 22.0. The average Bonchev–Trinajstić information content (AvgIpc) is 2.78. The van der Waals surface area contributed by atoms with Gasteiger partial charge in [0.1, 0.15) is 11.4 Å². The van der Waals surface area contributed by atoms with Crippen LogP contribution in [0.15, 0.2) is 42.5 Å². The van der Waals surface area contributed by atoms with Gasteiger partial charge in [-0.3, -0.25) is 9.59 Å². The number of ether oxygens (including phenoxy) is 3. The Morgan fingerprint density at radius 1 is 1.10 bits per heavy atom. The highest BCUT2D eigenvalue weighted by Crippen LogP contribution is 2.40. The van der Waals surface area contributed by atoms with Gasteiger partial charge in [0, 0.05) is 37.0 Å². The van der Waals surface area contributed by atoms with E-state index in [4.69, 9.17) is 25.8 Å². The summed E-state index contributed by atoms with van der Waals surface area (Å²) < 4.78 is 16.8. The molecule has 1 amide bonds. The van der Waals surface area contributed by atoms with E-state index in [-0.39, 0.29) is 11.7 Å². The van der Waals surface area contributed by atoms with Gasteiger partial charge in [0.2, 0.25) is 5.91 Å². The Hall–Kier alpha value is -2.99. The summed E-state index contributed by atoms with van der Waals surface area (Å²) in [6.07, 6.45) is 4.84. The average molecular weight is 442 g/mol. The first-order valence-electron chi connectivity index (χ1n) is 10.1. The van der Waals surface area contributed by atoms with Crippen molar-refractivity contribution in [2.45, 2.75) is 24.9 Å². The number of hydrogen-bond acceptors (Lipinski definition) is 5. The van der Waals surface area contributed by atoms with E-state index < -0.39 is 5.60 Å². The second-order valence-corrected chi connectivity index (χ2v) is 8.23. The van der Waals surface area contributed by atoms with Crippen molar-refractivity contribution >= 4 is 29.4 Å². The number of nitrogens with zero attached hydrogens (tertiary/aromatic N) is 1. The van der Waals surface area contributed by atoms with Crippen LogP contribution in [-0.4, -0.2) is 49.5 Å². The second-order valence-electron chi connectivity index (χ2n) is 7.80. The maximum absolute atomic E-state index is 12.7. The summed E-state index contributed by atoms with van der Waals surface area (Å²) in [6, 6.07) is 10.6. The summed E-state index contributed by atoms with van der Waals surface area (Å²) in [6.45, 7) is 1.07. The van der Waals surface area contributed by atoms with Crippen LogP contribution in [-0.2, 0) is 4.79 Å².